The van der Waals surface area contributed by atoms with Gasteiger partial charge in [-0.05, 0) is 31.5 Å². The van der Waals surface area contributed by atoms with Gasteiger partial charge >= 0.3 is 6.03 Å². The first kappa shape index (κ1) is 22.0. The molecule has 0 saturated carbocycles. The molecule has 0 bridgehead atoms. The minimum Gasteiger partial charge on any atom is -0.335 e. The number of aromatic nitrogens is 1. The summed E-state index contributed by atoms with van der Waals surface area (Å²) in [6, 6.07) is 17.5. The lowest BCUT2D eigenvalue weighted by Crippen LogP contribution is -2.48. The second kappa shape index (κ2) is 9.93. The van der Waals surface area contributed by atoms with Crippen molar-refractivity contribution >= 4 is 34.1 Å². The van der Waals surface area contributed by atoms with Gasteiger partial charge in [0.2, 0.25) is 0 Å². The van der Waals surface area contributed by atoms with E-state index in [4.69, 9.17) is 0 Å². The molecule has 0 radical (unpaired) electrons. The number of urea groups is 1. The highest BCUT2D eigenvalue weighted by Crippen LogP contribution is 2.25. The zero-order chi connectivity index (χ0) is 22.5. The lowest BCUT2D eigenvalue weighted by atomic mass is 10.2. The van der Waals surface area contributed by atoms with Crippen molar-refractivity contribution < 1.29 is 9.59 Å². The number of thiazole rings is 1. The molecule has 2 heterocycles. The highest BCUT2D eigenvalue weighted by Gasteiger charge is 2.25. The van der Waals surface area contributed by atoms with E-state index < -0.39 is 0 Å². The second-order valence-corrected chi connectivity index (χ2v) is 8.93. The van der Waals surface area contributed by atoms with E-state index in [1.54, 1.807) is 6.92 Å². The van der Waals surface area contributed by atoms with Crippen LogP contribution in [0, 0.1) is 13.8 Å². The fourth-order valence-electron chi connectivity index (χ4n) is 3.64. The molecule has 32 heavy (non-hydrogen) atoms. The Labute approximate surface area is 192 Å². The first-order chi connectivity index (χ1) is 15.5. The number of rotatable bonds is 5. The van der Waals surface area contributed by atoms with Crippen LogP contribution in [0.1, 0.15) is 26.5 Å². The summed E-state index contributed by atoms with van der Waals surface area (Å²) in [5, 5.41) is 5.93. The van der Waals surface area contributed by atoms with Crippen LogP contribution in [0.2, 0.25) is 0 Å². The first-order valence-electron chi connectivity index (χ1n) is 10.7. The van der Waals surface area contributed by atoms with Crippen molar-refractivity contribution in [2.75, 3.05) is 36.8 Å². The van der Waals surface area contributed by atoms with Gasteiger partial charge in [0.05, 0.1) is 5.69 Å². The van der Waals surface area contributed by atoms with Gasteiger partial charge in [0.1, 0.15) is 4.88 Å². The van der Waals surface area contributed by atoms with Crippen molar-refractivity contribution in [2.24, 2.45) is 0 Å². The fraction of sp³-hybridized carbons (Fsp3) is 0.292. The lowest BCUT2D eigenvalue weighted by Gasteiger charge is -2.34. The maximum Gasteiger partial charge on any atom is 0.325 e. The van der Waals surface area contributed by atoms with Crippen molar-refractivity contribution in [1.29, 1.82) is 0 Å². The summed E-state index contributed by atoms with van der Waals surface area (Å²) in [7, 11) is 0. The third-order valence-electron chi connectivity index (χ3n) is 5.43. The molecule has 4 rings (SSSR count). The molecule has 3 amide bonds. The van der Waals surface area contributed by atoms with E-state index in [9.17, 15) is 9.59 Å². The maximum atomic E-state index is 13.1. The van der Waals surface area contributed by atoms with Gasteiger partial charge in [0.15, 0.2) is 5.13 Å². The topological polar surface area (TPSA) is 77.6 Å². The van der Waals surface area contributed by atoms with Crippen molar-refractivity contribution in [1.82, 2.24) is 14.8 Å². The maximum absolute atomic E-state index is 13.1. The molecule has 2 aromatic carbocycles. The van der Waals surface area contributed by atoms with Crippen LogP contribution in [0.25, 0.3) is 0 Å². The highest BCUT2D eigenvalue weighted by atomic mass is 32.1. The van der Waals surface area contributed by atoms with Gasteiger partial charge < -0.3 is 10.2 Å². The number of carbonyl (C=O) groups excluding carboxylic acids is 2. The minimum atomic E-state index is -0.379. The molecule has 1 saturated heterocycles. The molecule has 0 aliphatic carbocycles. The van der Waals surface area contributed by atoms with Crippen LogP contribution in [0.5, 0.6) is 0 Å². The Bertz CT molecular complexity index is 1070. The lowest BCUT2D eigenvalue weighted by molar-refractivity contribution is 0.0632. The molecular weight excluding hydrogens is 422 g/mol. The van der Waals surface area contributed by atoms with E-state index in [0.717, 1.165) is 25.2 Å². The molecule has 2 N–H and O–H groups in total. The number of hydrogen-bond donors (Lipinski definition) is 2. The average Bonchev–Trinajstić information content (AvgIpc) is 3.15. The Hall–Kier alpha value is -3.23. The number of aryl methyl sites for hydroxylation is 2. The third-order valence-corrected chi connectivity index (χ3v) is 6.49. The second-order valence-electron chi connectivity index (χ2n) is 7.93. The molecule has 1 aromatic heterocycles. The van der Waals surface area contributed by atoms with Crippen LogP contribution in [-0.4, -0.2) is 52.9 Å². The van der Waals surface area contributed by atoms with Gasteiger partial charge in [-0.15, -0.1) is 0 Å². The normalized spacial score (nSPS) is 14.2. The predicted molar refractivity (Wildman–Crippen MR) is 128 cm³/mol. The number of benzene rings is 2. The summed E-state index contributed by atoms with van der Waals surface area (Å²) < 4.78 is 0. The van der Waals surface area contributed by atoms with Crippen LogP contribution in [0.4, 0.5) is 15.6 Å². The smallest absolute Gasteiger partial charge is 0.325 e. The van der Waals surface area contributed by atoms with Gasteiger partial charge in [-0.2, -0.15) is 0 Å². The summed E-state index contributed by atoms with van der Waals surface area (Å²) in [6.07, 6.45) is 0. The predicted octanol–water partition coefficient (Wildman–Crippen LogP) is 4.36. The molecular formula is C24H27N5O2S. The van der Waals surface area contributed by atoms with E-state index in [1.165, 1.54) is 16.9 Å². The molecule has 1 aliphatic rings. The zero-order valence-corrected chi connectivity index (χ0v) is 19.1. The molecule has 0 spiro atoms. The third kappa shape index (κ3) is 5.52. The van der Waals surface area contributed by atoms with Gasteiger partial charge in [-0.3, -0.25) is 15.0 Å². The quantitative estimate of drug-likeness (QED) is 0.607. The van der Waals surface area contributed by atoms with Crippen LogP contribution >= 0.6 is 11.3 Å². The number of carbonyl (C=O) groups is 2. The Morgan fingerprint density at radius 3 is 2.31 bits per heavy atom. The molecule has 0 unspecified atom stereocenters. The molecule has 1 fully saturated rings. The largest absolute Gasteiger partial charge is 0.335 e. The minimum absolute atomic E-state index is 0.0219. The van der Waals surface area contributed by atoms with Crippen molar-refractivity contribution in [3.05, 3.63) is 76.3 Å². The Morgan fingerprint density at radius 1 is 0.938 bits per heavy atom. The van der Waals surface area contributed by atoms with Gasteiger partial charge in [-0.25, -0.2) is 9.78 Å². The summed E-state index contributed by atoms with van der Waals surface area (Å²) in [5.74, 6) is -0.0219. The number of nitrogens with zero attached hydrogens (tertiary/aromatic N) is 3. The van der Waals surface area contributed by atoms with Crippen molar-refractivity contribution in [3.63, 3.8) is 0 Å². The van der Waals surface area contributed by atoms with Crippen LogP contribution in [0.3, 0.4) is 0 Å². The van der Waals surface area contributed by atoms with E-state index in [2.05, 4.69) is 32.7 Å². The van der Waals surface area contributed by atoms with Crippen molar-refractivity contribution in [2.45, 2.75) is 20.4 Å². The van der Waals surface area contributed by atoms with Crippen molar-refractivity contribution in [3.8, 4) is 0 Å². The SMILES string of the molecule is Cc1ccc(NC(=O)Nc2nc(C)c(C(=O)N3CCN(Cc4ccccc4)CC3)s2)cc1. The van der Waals surface area contributed by atoms with Gasteiger partial charge in [-0.1, -0.05) is 59.4 Å². The van der Waals surface area contributed by atoms with Gasteiger partial charge in [0.25, 0.3) is 5.91 Å². The summed E-state index contributed by atoms with van der Waals surface area (Å²) in [6.45, 7) is 7.72. The highest BCUT2D eigenvalue weighted by molar-refractivity contribution is 7.17. The summed E-state index contributed by atoms with van der Waals surface area (Å²) >= 11 is 1.22. The standard InChI is InChI=1S/C24H27N5O2S/c1-17-8-10-20(11-9-17)26-23(31)27-24-25-18(2)21(32-24)22(30)29-14-12-28(13-15-29)16-19-6-4-3-5-7-19/h3-11H,12-16H2,1-2H3,(H2,25,26,27,31). The monoisotopic (exact) mass is 449 g/mol. The number of piperazine rings is 1. The molecule has 3 aromatic rings. The number of anilines is 2. The summed E-state index contributed by atoms with van der Waals surface area (Å²) in [5.41, 5.74) is 3.74. The number of hydrogen-bond acceptors (Lipinski definition) is 5. The Kier molecular flexibility index (Phi) is 6.82. The number of nitrogens with one attached hydrogen (secondary N) is 2. The molecule has 7 nitrogen and oxygen atoms in total. The molecule has 1 aliphatic heterocycles. The van der Waals surface area contributed by atoms with E-state index in [-0.39, 0.29) is 11.9 Å². The van der Waals surface area contributed by atoms with Gasteiger partial charge in [0, 0.05) is 38.4 Å². The van der Waals surface area contributed by atoms with Crippen LogP contribution in [-0.2, 0) is 6.54 Å². The number of amides is 3. The fourth-order valence-corrected chi connectivity index (χ4v) is 4.57. The van der Waals surface area contributed by atoms with Crippen LogP contribution in [0.15, 0.2) is 54.6 Å². The van der Waals surface area contributed by atoms with E-state index in [1.807, 2.05) is 54.3 Å². The average molecular weight is 450 g/mol. The Morgan fingerprint density at radius 2 is 1.62 bits per heavy atom. The van der Waals surface area contributed by atoms with Crippen LogP contribution < -0.4 is 10.6 Å². The molecule has 8 heteroatoms. The Balaban J connectivity index is 1.31. The molecule has 0 atom stereocenters. The zero-order valence-electron chi connectivity index (χ0n) is 18.3. The molecule has 166 valence electrons. The van der Waals surface area contributed by atoms with E-state index >= 15 is 0 Å². The first-order valence-corrected chi connectivity index (χ1v) is 11.5. The van der Waals surface area contributed by atoms with E-state index in [0.29, 0.717) is 34.5 Å². The summed E-state index contributed by atoms with van der Waals surface area (Å²) in [4.78, 5) is 34.5.